The maximum absolute atomic E-state index is 12.1. The van der Waals surface area contributed by atoms with Gasteiger partial charge in [0, 0.05) is 11.1 Å². The van der Waals surface area contributed by atoms with Gasteiger partial charge >= 0.3 is 5.97 Å². The van der Waals surface area contributed by atoms with E-state index in [1.54, 1.807) is 12.1 Å². The summed E-state index contributed by atoms with van der Waals surface area (Å²) in [6.45, 7) is 1.37. The van der Waals surface area contributed by atoms with E-state index in [2.05, 4.69) is 10.7 Å². The Morgan fingerprint density at radius 2 is 1.89 bits per heavy atom. The highest BCUT2D eigenvalue weighted by molar-refractivity contribution is 6.09. The molecule has 0 aliphatic rings. The Morgan fingerprint density at radius 1 is 1.33 bits per heavy atom. The topological polar surface area (TPSA) is 63.6 Å². The van der Waals surface area contributed by atoms with Crippen LogP contribution in [0, 0.1) is 18.3 Å². The first kappa shape index (κ1) is 13.9. The quantitative estimate of drug-likeness (QED) is 0.373. The van der Waals surface area contributed by atoms with Crippen molar-refractivity contribution in [2.45, 2.75) is 13.0 Å². The predicted molar refractivity (Wildman–Crippen MR) is 65.9 cm³/mol. The average molecular weight is 246 g/mol. The number of esters is 1. The van der Waals surface area contributed by atoms with E-state index in [4.69, 9.17) is 6.42 Å². The van der Waals surface area contributed by atoms with E-state index >= 15 is 0 Å². The molecule has 0 unspecified atom stereocenters. The number of hydrogen-bond acceptors (Lipinski definition) is 4. The molecule has 0 saturated heterocycles. The van der Waals surface area contributed by atoms with Crippen LogP contribution in [0.1, 0.15) is 22.8 Å². The molecule has 1 N–H and O–H groups in total. The van der Waals surface area contributed by atoms with Gasteiger partial charge in [-0.05, 0) is 19.1 Å². The molecule has 0 amide bonds. The molecule has 1 aromatic carbocycles. The second kappa shape index (κ2) is 5.99. The van der Waals surface area contributed by atoms with Crippen LogP contribution >= 0.6 is 0 Å². The third-order valence-electron chi connectivity index (χ3n) is 2.56. The van der Waals surface area contributed by atoms with Crippen molar-refractivity contribution in [3.05, 3.63) is 35.4 Å². The molecular weight excluding hydrogens is 232 g/mol. The molecule has 0 aliphatic carbocycles. The van der Waals surface area contributed by atoms with Crippen molar-refractivity contribution in [1.29, 1.82) is 0 Å². The highest BCUT2D eigenvalue weighted by Gasteiger charge is 2.32. The normalized spacial score (nSPS) is 13.2. The highest BCUT2D eigenvalue weighted by Crippen LogP contribution is 2.15. The molecule has 4 nitrogen and oxygen atoms in total. The zero-order chi connectivity index (χ0) is 13.7. The molecule has 4 heteroatoms. The summed E-state index contributed by atoms with van der Waals surface area (Å²) in [7, 11) is 1.17. The van der Waals surface area contributed by atoms with Crippen LogP contribution in [0.2, 0.25) is 0 Å². The minimum atomic E-state index is -1.22. The van der Waals surface area contributed by atoms with E-state index in [0.717, 1.165) is 0 Å². The van der Waals surface area contributed by atoms with E-state index in [-0.39, 0.29) is 0 Å². The minimum absolute atomic E-state index is 0.310. The van der Waals surface area contributed by atoms with Gasteiger partial charge in [0.25, 0.3) is 0 Å². The Morgan fingerprint density at radius 3 is 2.28 bits per heavy atom. The number of carbonyl (C=O) groups is 2. The summed E-state index contributed by atoms with van der Waals surface area (Å²) in [5.74, 6) is -0.0287. The lowest BCUT2D eigenvalue weighted by molar-refractivity contribution is -0.146. The first-order valence-electron chi connectivity index (χ1n) is 5.38. The van der Waals surface area contributed by atoms with E-state index in [0.29, 0.717) is 11.1 Å². The molecule has 0 saturated carbocycles. The van der Waals surface area contributed by atoms with Gasteiger partial charge in [0.1, 0.15) is 5.92 Å². The average Bonchev–Trinajstić information content (AvgIpc) is 2.38. The van der Waals surface area contributed by atoms with Gasteiger partial charge < -0.3 is 9.84 Å². The van der Waals surface area contributed by atoms with Crippen molar-refractivity contribution in [3.8, 4) is 12.3 Å². The summed E-state index contributed by atoms with van der Waals surface area (Å²) in [5, 5.41) is 9.49. The van der Waals surface area contributed by atoms with Crippen LogP contribution < -0.4 is 0 Å². The number of aliphatic hydroxyl groups excluding tert-OH is 1. The van der Waals surface area contributed by atoms with Crippen molar-refractivity contribution in [2.24, 2.45) is 5.92 Å². The lowest BCUT2D eigenvalue weighted by Gasteiger charge is -2.16. The molecule has 0 spiro atoms. The number of benzene rings is 1. The van der Waals surface area contributed by atoms with Crippen LogP contribution in [0.15, 0.2) is 24.3 Å². The number of terminal acetylenes is 1. The number of ether oxygens (including phenoxy) is 1. The Kier molecular flexibility index (Phi) is 4.64. The van der Waals surface area contributed by atoms with Gasteiger partial charge in [0.05, 0.1) is 13.2 Å². The fourth-order valence-corrected chi connectivity index (χ4v) is 1.56. The molecule has 1 rings (SSSR count). The van der Waals surface area contributed by atoms with Crippen molar-refractivity contribution in [2.75, 3.05) is 7.11 Å². The van der Waals surface area contributed by atoms with Gasteiger partial charge in [0.2, 0.25) is 0 Å². The summed E-state index contributed by atoms with van der Waals surface area (Å²) in [6, 6.07) is 6.25. The van der Waals surface area contributed by atoms with Crippen LogP contribution in [0.3, 0.4) is 0 Å². The van der Waals surface area contributed by atoms with E-state index in [1.807, 2.05) is 0 Å². The smallest absolute Gasteiger partial charge is 0.319 e. The number of aliphatic hydroxyl groups is 1. The SMILES string of the molecule is C#Cc1ccc(C(=O)[C@@H](C(=O)OC)[C@H](C)O)cc1. The van der Waals surface area contributed by atoms with Crippen molar-refractivity contribution in [3.63, 3.8) is 0 Å². The number of methoxy groups -OCH3 is 1. The Labute approximate surface area is 106 Å². The summed E-state index contributed by atoms with van der Waals surface area (Å²) >= 11 is 0. The molecule has 0 aromatic heterocycles. The lowest BCUT2D eigenvalue weighted by atomic mass is 9.93. The number of ketones is 1. The molecular formula is C14H14O4. The van der Waals surface area contributed by atoms with E-state index < -0.39 is 23.8 Å². The lowest BCUT2D eigenvalue weighted by Crippen LogP contribution is -2.34. The molecule has 1 aromatic rings. The molecule has 18 heavy (non-hydrogen) atoms. The molecule has 94 valence electrons. The summed E-state index contributed by atoms with van der Waals surface area (Å²) in [5.41, 5.74) is 0.948. The molecule has 0 heterocycles. The predicted octanol–water partition coefficient (Wildman–Crippen LogP) is 1.02. The second-order valence-electron chi connectivity index (χ2n) is 3.83. The largest absolute Gasteiger partial charge is 0.468 e. The van der Waals surface area contributed by atoms with Crippen LogP contribution in [0.25, 0.3) is 0 Å². The van der Waals surface area contributed by atoms with E-state index in [1.165, 1.54) is 26.2 Å². The molecule has 2 atom stereocenters. The van der Waals surface area contributed by atoms with Gasteiger partial charge in [0.15, 0.2) is 5.78 Å². The molecule has 0 bridgehead atoms. The number of hydrogen-bond donors (Lipinski definition) is 1. The maximum Gasteiger partial charge on any atom is 0.319 e. The monoisotopic (exact) mass is 246 g/mol. The molecule has 0 aliphatic heterocycles. The van der Waals surface area contributed by atoms with Crippen LogP contribution in [-0.4, -0.2) is 30.1 Å². The van der Waals surface area contributed by atoms with Gasteiger partial charge in [-0.2, -0.15) is 0 Å². The maximum atomic E-state index is 12.1. The Balaban J connectivity index is 3.03. The van der Waals surface area contributed by atoms with E-state index in [9.17, 15) is 14.7 Å². The van der Waals surface area contributed by atoms with Crippen molar-refractivity contribution < 1.29 is 19.4 Å². The van der Waals surface area contributed by atoms with Crippen LogP contribution in [-0.2, 0) is 9.53 Å². The van der Waals surface area contributed by atoms with Gasteiger partial charge in [-0.3, -0.25) is 9.59 Å². The Hall–Kier alpha value is -2.12. The second-order valence-corrected chi connectivity index (χ2v) is 3.83. The number of Topliss-reactive ketones (excluding diaryl/α,β-unsaturated/α-hetero) is 1. The standard InChI is InChI=1S/C14H14O4/c1-4-10-5-7-11(8-6-10)13(16)12(9(2)15)14(17)18-3/h1,5-9,12,15H,2-3H3/t9-,12-/m0/s1. The van der Waals surface area contributed by atoms with Gasteiger partial charge in [-0.25, -0.2) is 0 Å². The van der Waals surface area contributed by atoms with Crippen LogP contribution in [0.4, 0.5) is 0 Å². The Bertz CT molecular complexity index is 480. The van der Waals surface area contributed by atoms with Gasteiger partial charge in [-0.1, -0.05) is 18.1 Å². The fourth-order valence-electron chi connectivity index (χ4n) is 1.56. The molecule has 0 radical (unpaired) electrons. The van der Waals surface area contributed by atoms with Crippen molar-refractivity contribution >= 4 is 11.8 Å². The summed E-state index contributed by atoms with van der Waals surface area (Å²) < 4.78 is 4.51. The number of carbonyl (C=O) groups excluding carboxylic acids is 2. The third kappa shape index (κ3) is 2.96. The van der Waals surface area contributed by atoms with Crippen molar-refractivity contribution in [1.82, 2.24) is 0 Å². The zero-order valence-corrected chi connectivity index (χ0v) is 10.2. The minimum Gasteiger partial charge on any atom is -0.468 e. The number of rotatable bonds is 4. The third-order valence-corrected chi connectivity index (χ3v) is 2.56. The van der Waals surface area contributed by atoms with Crippen LogP contribution in [0.5, 0.6) is 0 Å². The summed E-state index contributed by atoms with van der Waals surface area (Å²) in [6.07, 6.45) is 4.09. The summed E-state index contributed by atoms with van der Waals surface area (Å²) in [4.78, 5) is 23.5. The fraction of sp³-hybridized carbons (Fsp3) is 0.286. The first-order chi connectivity index (χ1) is 8.51. The zero-order valence-electron chi connectivity index (χ0n) is 10.2. The highest BCUT2D eigenvalue weighted by atomic mass is 16.5. The molecule has 0 fully saturated rings. The van der Waals surface area contributed by atoms with Gasteiger partial charge in [-0.15, -0.1) is 6.42 Å². The first-order valence-corrected chi connectivity index (χ1v) is 5.38.